The maximum atomic E-state index is 13.1. The van der Waals surface area contributed by atoms with Crippen molar-refractivity contribution in [2.24, 2.45) is 11.0 Å². The van der Waals surface area contributed by atoms with Gasteiger partial charge in [0, 0.05) is 23.6 Å². The molecule has 8 nitrogen and oxygen atoms in total. The summed E-state index contributed by atoms with van der Waals surface area (Å²) in [6, 6.07) is 12.2. The van der Waals surface area contributed by atoms with Gasteiger partial charge in [0.25, 0.3) is 0 Å². The fourth-order valence-electron chi connectivity index (χ4n) is 4.25. The van der Waals surface area contributed by atoms with Crippen molar-refractivity contribution in [2.75, 3.05) is 53.1 Å². The molecule has 9 heteroatoms. The first kappa shape index (κ1) is 25.8. The van der Waals surface area contributed by atoms with Gasteiger partial charge in [-0.3, -0.25) is 0 Å². The lowest BCUT2D eigenvalue weighted by Crippen LogP contribution is -2.36. The molecule has 0 bridgehead atoms. The zero-order chi connectivity index (χ0) is 24.2. The standard InChI is InChI=1S/C25H33FN4O4/c1-32-25-22(3-2-4-23(25)34-18-17-33-16-12-28-29-27)24(31)20-10-14-30(15-11-20)13-9-19-5-7-21(26)8-6-19/h2-8,20,24,31H,9-18H2,1H3/t24-/m1/s1. The lowest BCUT2D eigenvalue weighted by molar-refractivity contribution is 0.0569. The molecule has 1 aliphatic rings. The number of benzene rings is 2. The van der Waals surface area contributed by atoms with Gasteiger partial charge >= 0.3 is 0 Å². The van der Waals surface area contributed by atoms with E-state index in [1.165, 1.54) is 12.1 Å². The Morgan fingerprint density at radius 1 is 1.15 bits per heavy atom. The van der Waals surface area contributed by atoms with Crippen molar-refractivity contribution in [3.63, 3.8) is 0 Å². The fourth-order valence-corrected chi connectivity index (χ4v) is 4.25. The van der Waals surface area contributed by atoms with Crippen LogP contribution >= 0.6 is 0 Å². The molecule has 1 aliphatic heterocycles. The summed E-state index contributed by atoms with van der Waals surface area (Å²) in [4.78, 5) is 5.07. The number of ether oxygens (including phenoxy) is 3. The lowest BCUT2D eigenvalue weighted by atomic mass is 9.87. The van der Waals surface area contributed by atoms with Crippen LogP contribution in [0.25, 0.3) is 10.4 Å². The fraction of sp³-hybridized carbons (Fsp3) is 0.520. The van der Waals surface area contributed by atoms with E-state index in [9.17, 15) is 9.50 Å². The van der Waals surface area contributed by atoms with Gasteiger partial charge in [-0.05, 0) is 67.6 Å². The van der Waals surface area contributed by atoms with E-state index in [-0.39, 0.29) is 18.3 Å². The Labute approximate surface area is 199 Å². The highest BCUT2D eigenvalue weighted by atomic mass is 19.1. The molecule has 3 rings (SSSR count). The molecule has 0 radical (unpaired) electrons. The predicted octanol–water partition coefficient (Wildman–Crippen LogP) is 4.53. The van der Waals surface area contributed by atoms with Gasteiger partial charge in [0.1, 0.15) is 12.4 Å². The number of piperidine rings is 1. The molecule has 1 atom stereocenters. The highest BCUT2D eigenvalue weighted by molar-refractivity contribution is 5.48. The van der Waals surface area contributed by atoms with Crippen molar-refractivity contribution < 1.29 is 23.7 Å². The van der Waals surface area contributed by atoms with Crippen LogP contribution in [0.1, 0.15) is 30.1 Å². The average molecular weight is 473 g/mol. The minimum atomic E-state index is -0.641. The Kier molecular flexibility index (Phi) is 10.4. The second-order valence-corrected chi connectivity index (χ2v) is 8.29. The number of azide groups is 1. The van der Waals surface area contributed by atoms with E-state index in [1.807, 2.05) is 30.3 Å². The van der Waals surface area contributed by atoms with Crippen LogP contribution in [0.5, 0.6) is 11.5 Å². The van der Waals surface area contributed by atoms with Crippen LogP contribution in [0.15, 0.2) is 47.6 Å². The molecule has 1 N–H and O–H groups in total. The Morgan fingerprint density at radius 3 is 2.62 bits per heavy atom. The van der Waals surface area contributed by atoms with Gasteiger partial charge < -0.3 is 24.2 Å². The molecular weight excluding hydrogens is 439 g/mol. The summed E-state index contributed by atoms with van der Waals surface area (Å²) in [5.41, 5.74) is 10.1. The molecule has 0 aliphatic carbocycles. The van der Waals surface area contributed by atoms with E-state index in [2.05, 4.69) is 14.9 Å². The van der Waals surface area contributed by atoms with Crippen LogP contribution in [-0.4, -0.2) is 63.1 Å². The van der Waals surface area contributed by atoms with Gasteiger partial charge in [-0.1, -0.05) is 29.4 Å². The SMILES string of the molecule is COc1c(OCCOCCN=[N+]=[N-])cccc1[C@H](O)C1CCN(CCc2ccc(F)cc2)CC1. The zero-order valence-electron chi connectivity index (χ0n) is 19.6. The second-order valence-electron chi connectivity index (χ2n) is 8.29. The third-order valence-electron chi connectivity index (χ3n) is 6.12. The molecule has 1 saturated heterocycles. The summed E-state index contributed by atoms with van der Waals surface area (Å²) < 4.78 is 29.9. The Bertz CT molecular complexity index is 929. The smallest absolute Gasteiger partial charge is 0.166 e. The predicted molar refractivity (Wildman–Crippen MR) is 128 cm³/mol. The van der Waals surface area contributed by atoms with Gasteiger partial charge in [0.2, 0.25) is 0 Å². The van der Waals surface area contributed by atoms with E-state index in [0.29, 0.717) is 31.3 Å². The summed E-state index contributed by atoms with van der Waals surface area (Å²) >= 11 is 0. The van der Waals surface area contributed by atoms with Gasteiger partial charge in [0.05, 0.1) is 26.4 Å². The summed E-state index contributed by atoms with van der Waals surface area (Å²) in [5, 5.41) is 14.6. The van der Waals surface area contributed by atoms with E-state index < -0.39 is 6.10 Å². The molecule has 0 amide bonds. The number of rotatable bonds is 13. The largest absolute Gasteiger partial charge is 0.492 e. The molecule has 2 aromatic rings. The molecule has 1 heterocycles. The molecule has 0 saturated carbocycles. The first-order chi connectivity index (χ1) is 16.6. The zero-order valence-corrected chi connectivity index (χ0v) is 19.6. The molecule has 2 aromatic carbocycles. The second kappa shape index (κ2) is 13.8. The number of aliphatic hydroxyl groups is 1. The number of nitrogens with zero attached hydrogens (tertiary/aromatic N) is 4. The normalized spacial score (nSPS) is 15.5. The third kappa shape index (κ3) is 7.60. The van der Waals surface area contributed by atoms with Crippen LogP contribution in [0.4, 0.5) is 4.39 Å². The minimum Gasteiger partial charge on any atom is -0.492 e. The molecule has 0 aromatic heterocycles. The van der Waals surface area contributed by atoms with Gasteiger partial charge in [-0.2, -0.15) is 0 Å². The monoisotopic (exact) mass is 472 g/mol. The molecular formula is C25H33FN4O4. The Morgan fingerprint density at radius 2 is 1.91 bits per heavy atom. The third-order valence-corrected chi connectivity index (χ3v) is 6.12. The highest BCUT2D eigenvalue weighted by Gasteiger charge is 2.29. The van der Waals surface area contributed by atoms with Crippen molar-refractivity contribution in [1.29, 1.82) is 0 Å². The van der Waals surface area contributed by atoms with Crippen molar-refractivity contribution in [3.8, 4) is 11.5 Å². The average Bonchev–Trinajstić information content (AvgIpc) is 2.87. The Balaban J connectivity index is 1.49. The van der Waals surface area contributed by atoms with Crippen LogP contribution in [0.2, 0.25) is 0 Å². The van der Waals surface area contributed by atoms with Gasteiger partial charge in [-0.15, -0.1) is 0 Å². The molecule has 184 valence electrons. The maximum Gasteiger partial charge on any atom is 0.166 e. The van der Waals surface area contributed by atoms with Crippen LogP contribution in [0, 0.1) is 11.7 Å². The van der Waals surface area contributed by atoms with Gasteiger partial charge in [0.15, 0.2) is 11.5 Å². The minimum absolute atomic E-state index is 0.134. The van der Waals surface area contributed by atoms with E-state index >= 15 is 0 Å². The number of hydrogen-bond acceptors (Lipinski definition) is 6. The quantitative estimate of drug-likeness (QED) is 0.200. The van der Waals surface area contributed by atoms with Crippen molar-refractivity contribution in [3.05, 3.63) is 69.9 Å². The number of halogens is 1. The molecule has 34 heavy (non-hydrogen) atoms. The summed E-state index contributed by atoms with van der Waals surface area (Å²) in [6.45, 7) is 4.04. The molecule has 1 fully saturated rings. The van der Waals surface area contributed by atoms with Gasteiger partial charge in [-0.25, -0.2) is 4.39 Å². The lowest BCUT2D eigenvalue weighted by Gasteiger charge is -2.34. The number of methoxy groups -OCH3 is 1. The van der Waals surface area contributed by atoms with Crippen molar-refractivity contribution in [2.45, 2.75) is 25.4 Å². The highest BCUT2D eigenvalue weighted by Crippen LogP contribution is 2.40. The van der Waals surface area contributed by atoms with Crippen molar-refractivity contribution in [1.82, 2.24) is 4.90 Å². The maximum absolute atomic E-state index is 13.1. The number of likely N-dealkylation sites (tertiary alicyclic amines) is 1. The summed E-state index contributed by atoms with van der Waals surface area (Å²) in [7, 11) is 1.58. The first-order valence-corrected chi connectivity index (χ1v) is 11.7. The van der Waals surface area contributed by atoms with Crippen LogP contribution in [0.3, 0.4) is 0 Å². The molecule has 0 unspecified atom stereocenters. The number of hydrogen-bond donors (Lipinski definition) is 1. The first-order valence-electron chi connectivity index (χ1n) is 11.7. The van der Waals surface area contributed by atoms with E-state index in [0.717, 1.165) is 50.0 Å². The topological polar surface area (TPSA) is 99.9 Å². The van der Waals surface area contributed by atoms with Crippen molar-refractivity contribution >= 4 is 0 Å². The van der Waals surface area contributed by atoms with Crippen LogP contribution < -0.4 is 9.47 Å². The summed E-state index contributed by atoms with van der Waals surface area (Å²) in [6.07, 6.45) is 2.02. The summed E-state index contributed by atoms with van der Waals surface area (Å²) in [5.74, 6) is 1.03. The Hall–Kier alpha value is -2.84. The van der Waals surface area contributed by atoms with Crippen LogP contribution in [-0.2, 0) is 11.2 Å². The molecule has 0 spiro atoms. The number of para-hydroxylation sites is 1. The van der Waals surface area contributed by atoms with E-state index in [4.69, 9.17) is 19.7 Å². The number of aliphatic hydroxyl groups excluding tert-OH is 1. The van der Waals surface area contributed by atoms with E-state index in [1.54, 1.807) is 7.11 Å².